The summed E-state index contributed by atoms with van der Waals surface area (Å²) in [6, 6.07) is 1.98. The van der Waals surface area contributed by atoms with Gasteiger partial charge < -0.3 is 10.6 Å². The predicted molar refractivity (Wildman–Crippen MR) is 97.5 cm³/mol. The minimum Gasteiger partial charge on any atom is -0.375 e. The Balaban J connectivity index is 1.57. The minimum absolute atomic E-state index is 0.0741. The zero-order valence-corrected chi connectivity index (χ0v) is 15.3. The second kappa shape index (κ2) is 7.44. The average Bonchev–Trinajstić information content (AvgIpc) is 3.20. The lowest BCUT2D eigenvalue weighted by molar-refractivity contribution is -0.132. The van der Waals surface area contributed by atoms with Crippen LogP contribution in [0.25, 0.3) is 0 Å². The molecule has 0 radical (unpaired) electrons. The lowest BCUT2D eigenvalue weighted by Gasteiger charge is -2.32. The fraction of sp³-hybridized carbons (Fsp3) is 0.471. The van der Waals surface area contributed by atoms with Crippen molar-refractivity contribution < 1.29 is 9.59 Å². The van der Waals surface area contributed by atoms with Crippen LogP contribution in [0.5, 0.6) is 0 Å². The standard InChI is InChI=1S/C17H21N3O2S2/c1-11-6-8-23-16(11)15(22)12-3-2-7-20(9-12)14(21)5-4-13-10-24-17(18)19-13/h6,8,10,12H,2-5,7,9H2,1H3,(H2,18,19). The van der Waals surface area contributed by atoms with Crippen LogP contribution in [0.4, 0.5) is 5.13 Å². The van der Waals surface area contributed by atoms with Gasteiger partial charge in [0.25, 0.3) is 0 Å². The number of aryl methyl sites for hydroxylation is 2. The summed E-state index contributed by atoms with van der Waals surface area (Å²) in [5, 5.41) is 4.38. The van der Waals surface area contributed by atoms with Crippen molar-refractivity contribution in [1.82, 2.24) is 9.88 Å². The molecule has 24 heavy (non-hydrogen) atoms. The number of nitrogens with two attached hydrogens (primary N) is 1. The van der Waals surface area contributed by atoms with Gasteiger partial charge in [-0.2, -0.15) is 0 Å². The molecular weight excluding hydrogens is 342 g/mol. The lowest BCUT2D eigenvalue weighted by atomic mass is 9.92. The van der Waals surface area contributed by atoms with Crippen LogP contribution in [-0.4, -0.2) is 34.7 Å². The molecular formula is C17H21N3O2S2. The van der Waals surface area contributed by atoms with E-state index in [2.05, 4.69) is 4.98 Å². The Bertz CT molecular complexity index is 738. The van der Waals surface area contributed by atoms with Crippen molar-refractivity contribution in [2.75, 3.05) is 18.8 Å². The molecule has 3 rings (SSSR count). The number of thiazole rings is 1. The van der Waals surface area contributed by atoms with Gasteiger partial charge in [-0.05, 0) is 43.2 Å². The summed E-state index contributed by atoms with van der Waals surface area (Å²) in [7, 11) is 0. The molecule has 1 aliphatic rings. The van der Waals surface area contributed by atoms with Gasteiger partial charge in [0.1, 0.15) is 0 Å². The number of Topliss-reactive ketones (excluding diaryl/α,β-unsaturated/α-hetero) is 1. The predicted octanol–water partition coefficient (Wildman–Crippen LogP) is 3.15. The first-order chi connectivity index (χ1) is 11.5. The summed E-state index contributed by atoms with van der Waals surface area (Å²) in [6.07, 6.45) is 2.77. The van der Waals surface area contributed by atoms with Gasteiger partial charge in [0, 0.05) is 30.8 Å². The number of hydrogen-bond donors (Lipinski definition) is 1. The van der Waals surface area contributed by atoms with E-state index < -0.39 is 0 Å². The highest BCUT2D eigenvalue weighted by molar-refractivity contribution is 7.13. The average molecular weight is 364 g/mol. The van der Waals surface area contributed by atoms with E-state index in [0.717, 1.165) is 35.5 Å². The molecule has 0 bridgehead atoms. The fourth-order valence-corrected chi connectivity index (χ4v) is 4.60. The molecule has 0 spiro atoms. The van der Waals surface area contributed by atoms with Crippen molar-refractivity contribution in [3.63, 3.8) is 0 Å². The molecule has 1 unspecified atom stereocenters. The highest BCUT2D eigenvalue weighted by Gasteiger charge is 2.30. The Morgan fingerprint density at radius 3 is 2.92 bits per heavy atom. The summed E-state index contributed by atoms with van der Waals surface area (Å²) in [5.41, 5.74) is 7.52. The van der Waals surface area contributed by atoms with E-state index >= 15 is 0 Å². The number of hydrogen-bond acceptors (Lipinski definition) is 6. The first kappa shape index (κ1) is 17.1. The van der Waals surface area contributed by atoms with Crippen molar-refractivity contribution in [2.45, 2.75) is 32.6 Å². The van der Waals surface area contributed by atoms with E-state index in [1.54, 1.807) is 0 Å². The summed E-state index contributed by atoms with van der Waals surface area (Å²) in [5.74, 6) is 0.212. The molecule has 2 aromatic rings. The number of carbonyl (C=O) groups is 2. The number of amides is 1. The summed E-state index contributed by atoms with van der Waals surface area (Å²) in [4.78, 5) is 32.0. The van der Waals surface area contributed by atoms with Crippen molar-refractivity contribution in [3.8, 4) is 0 Å². The second-order valence-corrected chi connectivity index (χ2v) is 7.96. The number of anilines is 1. The Morgan fingerprint density at radius 1 is 1.42 bits per heavy atom. The molecule has 1 fully saturated rings. The van der Waals surface area contributed by atoms with E-state index in [1.165, 1.54) is 22.7 Å². The molecule has 1 saturated heterocycles. The Kier molecular flexibility index (Phi) is 5.30. The number of carbonyl (C=O) groups excluding carboxylic acids is 2. The maximum Gasteiger partial charge on any atom is 0.222 e. The number of rotatable bonds is 5. The monoisotopic (exact) mass is 363 g/mol. The van der Waals surface area contributed by atoms with E-state index in [-0.39, 0.29) is 17.6 Å². The van der Waals surface area contributed by atoms with Crippen LogP contribution in [0.15, 0.2) is 16.8 Å². The summed E-state index contributed by atoms with van der Waals surface area (Å²) >= 11 is 2.89. The van der Waals surface area contributed by atoms with Gasteiger partial charge in [0.2, 0.25) is 5.91 Å². The molecule has 0 saturated carbocycles. The third-order valence-corrected chi connectivity index (χ3v) is 6.15. The zero-order chi connectivity index (χ0) is 17.1. The Morgan fingerprint density at radius 2 is 2.25 bits per heavy atom. The number of thiophene rings is 1. The Labute approximate surface area is 149 Å². The zero-order valence-electron chi connectivity index (χ0n) is 13.7. The molecule has 1 aliphatic heterocycles. The largest absolute Gasteiger partial charge is 0.375 e. The number of nitrogens with zero attached hydrogens (tertiary/aromatic N) is 2. The first-order valence-corrected chi connectivity index (χ1v) is 9.86. The molecule has 5 nitrogen and oxygen atoms in total. The first-order valence-electron chi connectivity index (χ1n) is 8.10. The molecule has 0 aliphatic carbocycles. The fourth-order valence-electron chi connectivity index (χ4n) is 3.06. The summed E-state index contributed by atoms with van der Waals surface area (Å²) < 4.78 is 0. The third-order valence-electron chi connectivity index (χ3n) is 4.40. The maximum absolute atomic E-state index is 12.7. The quantitative estimate of drug-likeness (QED) is 0.828. The van der Waals surface area contributed by atoms with Gasteiger partial charge in [-0.3, -0.25) is 9.59 Å². The van der Waals surface area contributed by atoms with Crippen LogP contribution in [0.1, 0.15) is 40.2 Å². The van der Waals surface area contributed by atoms with Gasteiger partial charge in [-0.25, -0.2) is 4.98 Å². The lowest BCUT2D eigenvalue weighted by Crippen LogP contribution is -2.42. The van der Waals surface area contributed by atoms with Crippen LogP contribution in [-0.2, 0) is 11.2 Å². The van der Waals surface area contributed by atoms with E-state index in [9.17, 15) is 9.59 Å². The molecule has 1 amide bonds. The van der Waals surface area contributed by atoms with Gasteiger partial charge in [-0.15, -0.1) is 22.7 Å². The van der Waals surface area contributed by atoms with E-state index in [1.807, 2.05) is 28.7 Å². The Hall–Kier alpha value is -1.73. The third kappa shape index (κ3) is 3.84. The highest BCUT2D eigenvalue weighted by Crippen LogP contribution is 2.26. The molecule has 2 N–H and O–H groups in total. The number of nitrogen functional groups attached to an aromatic ring is 1. The number of piperidine rings is 1. The van der Waals surface area contributed by atoms with Crippen LogP contribution in [0.2, 0.25) is 0 Å². The van der Waals surface area contributed by atoms with Crippen molar-refractivity contribution >= 4 is 39.5 Å². The maximum atomic E-state index is 12.7. The normalized spacial score (nSPS) is 17.9. The molecule has 7 heteroatoms. The molecule has 3 heterocycles. The van der Waals surface area contributed by atoms with Crippen LogP contribution >= 0.6 is 22.7 Å². The van der Waals surface area contributed by atoms with Crippen LogP contribution < -0.4 is 5.73 Å². The molecule has 128 valence electrons. The minimum atomic E-state index is -0.0741. The van der Waals surface area contributed by atoms with E-state index in [0.29, 0.717) is 24.5 Å². The number of likely N-dealkylation sites (tertiary alicyclic amines) is 1. The second-order valence-electron chi connectivity index (χ2n) is 6.15. The van der Waals surface area contributed by atoms with Crippen molar-refractivity contribution in [3.05, 3.63) is 33.0 Å². The summed E-state index contributed by atoms with van der Waals surface area (Å²) in [6.45, 7) is 3.24. The highest BCUT2D eigenvalue weighted by atomic mass is 32.1. The van der Waals surface area contributed by atoms with Gasteiger partial charge >= 0.3 is 0 Å². The van der Waals surface area contributed by atoms with Gasteiger partial charge in [0.15, 0.2) is 10.9 Å². The van der Waals surface area contributed by atoms with E-state index in [4.69, 9.17) is 5.73 Å². The molecule has 2 aromatic heterocycles. The van der Waals surface area contributed by atoms with Crippen molar-refractivity contribution in [1.29, 1.82) is 0 Å². The van der Waals surface area contributed by atoms with Gasteiger partial charge in [0.05, 0.1) is 10.6 Å². The topological polar surface area (TPSA) is 76.3 Å². The smallest absolute Gasteiger partial charge is 0.222 e. The van der Waals surface area contributed by atoms with Crippen LogP contribution in [0, 0.1) is 12.8 Å². The number of ketones is 1. The molecule has 0 aromatic carbocycles. The van der Waals surface area contributed by atoms with Crippen LogP contribution in [0.3, 0.4) is 0 Å². The van der Waals surface area contributed by atoms with Gasteiger partial charge in [-0.1, -0.05) is 0 Å². The van der Waals surface area contributed by atoms with Crippen molar-refractivity contribution in [2.24, 2.45) is 5.92 Å². The molecule has 1 atom stereocenters. The number of aromatic nitrogens is 1. The SMILES string of the molecule is Cc1ccsc1C(=O)C1CCCN(C(=O)CCc2csc(N)n2)C1.